The summed E-state index contributed by atoms with van der Waals surface area (Å²) >= 11 is 0. The molecule has 0 saturated heterocycles. The van der Waals surface area contributed by atoms with Gasteiger partial charge in [0.2, 0.25) is 0 Å². The molecule has 172 valence electrons. The lowest BCUT2D eigenvalue weighted by molar-refractivity contribution is -0.137. The molecule has 32 heavy (non-hydrogen) atoms. The maximum Gasteiger partial charge on any atom is 0.416 e. The van der Waals surface area contributed by atoms with Crippen LogP contribution in [0.2, 0.25) is 0 Å². The van der Waals surface area contributed by atoms with E-state index in [0.29, 0.717) is 23.3 Å². The zero-order valence-electron chi connectivity index (χ0n) is 18.8. The molecular formula is C24H29F3N4O. The van der Waals surface area contributed by atoms with Crippen molar-refractivity contribution in [3.8, 4) is 0 Å². The van der Waals surface area contributed by atoms with Gasteiger partial charge in [0.25, 0.3) is 5.91 Å². The summed E-state index contributed by atoms with van der Waals surface area (Å²) < 4.78 is 39.2. The van der Waals surface area contributed by atoms with Crippen LogP contribution in [0.25, 0.3) is 0 Å². The van der Waals surface area contributed by atoms with Gasteiger partial charge in [-0.15, -0.1) is 0 Å². The Balaban J connectivity index is 3.40. The quantitative estimate of drug-likeness (QED) is 0.208. The highest BCUT2D eigenvalue weighted by atomic mass is 19.4. The summed E-state index contributed by atoms with van der Waals surface area (Å²) in [6, 6.07) is 4.91. The third kappa shape index (κ3) is 8.02. The van der Waals surface area contributed by atoms with Crippen LogP contribution in [0.3, 0.4) is 0 Å². The second-order valence-electron chi connectivity index (χ2n) is 6.80. The van der Waals surface area contributed by atoms with Crippen molar-refractivity contribution >= 4 is 17.8 Å². The number of aliphatic imine (C=N–C) groups is 1. The van der Waals surface area contributed by atoms with E-state index < -0.39 is 17.6 Å². The molecule has 8 heteroatoms. The summed E-state index contributed by atoms with van der Waals surface area (Å²) in [4.78, 5) is 16.3. The van der Waals surface area contributed by atoms with E-state index in [-0.39, 0.29) is 5.57 Å². The average molecular weight is 447 g/mol. The van der Waals surface area contributed by atoms with Crippen LogP contribution >= 0.6 is 0 Å². The number of alkyl halides is 3. The van der Waals surface area contributed by atoms with Gasteiger partial charge in [0.15, 0.2) is 0 Å². The number of nitrogens with zero attached hydrogens (tertiary/aromatic N) is 3. The monoisotopic (exact) mass is 446 g/mol. The number of amides is 1. The number of nitrogens with two attached hydrogens (primary N) is 1. The highest BCUT2D eigenvalue weighted by Gasteiger charge is 2.30. The van der Waals surface area contributed by atoms with Crippen LogP contribution in [0.1, 0.15) is 51.7 Å². The van der Waals surface area contributed by atoms with Crippen molar-refractivity contribution in [3.63, 3.8) is 0 Å². The minimum atomic E-state index is -4.46. The molecule has 0 radical (unpaired) electrons. The summed E-state index contributed by atoms with van der Waals surface area (Å²) in [5.74, 6) is -0.708. The summed E-state index contributed by atoms with van der Waals surface area (Å²) in [7, 11) is 0. The van der Waals surface area contributed by atoms with E-state index in [0.717, 1.165) is 24.1 Å². The lowest BCUT2D eigenvalue weighted by atomic mass is 10.0. The van der Waals surface area contributed by atoms with Gasteiger partial charge in [-0.3, -0.25) is 9.79 Å². The Morgan fingerprint density at radius 1 is 1.25 bits per heavy atom. The first-order valence-electron chi connectivity index (χ1n) is 10.1. The molecule has 0 spiro atoms. The first-order chi connectivity index (χ1) is 15.1. The minimum Gasteiger partial charge on any atom is -0.366 e. The van der Waals surface area contributed by atoms with Crippen LogP contribution in [0.5, 0.6) is 0 Å². The van der Waals surface area contributed by atoms with Gasteiger partial charge >= 0.3 is 6.18 Å². The molecule has 0 fully saturated rings. The molecule has 0 atom stereocenters. The van der Waals surface area contributed by atoms with E-state index in [9.17, 15) is 18.0 Å². The first kappa shape index (κ1) is 26.6. The lowest BCUT2D eigenvalue weighted by Gasteiger charge is -2.15. The van der Waals surface area contributed by atoms with Gasteiger partial charge in [-0.2, -0.15) is 18.3 Å². The number of hydrazone groups is 1. The molecule has 0 aliphatic rings. The molecule has 5 nitrogen and oxygen atoms in total. The third-order valence-electron chi connectivity index (χ3n) is 4.50. The Morgan fingerprint density at radius 3 is 2.44 bits per heavy atom. The van der Waals surface area contributed by atoms with Crippen molar-refractivity contribution in [3.05, 3.63) is 83.4 Å². The number of carbonyl (C=O) groups excluding carboxylic acids is 1. The SMILES string of the molecule is C=CN(/C=C(C(N)=O)/C(/C=N\C=C(/C)CC)=C/C)/N=C(\CC)c1cccc(C(F)(F)F)c1. The van der Waals surface area contributed by atoms with Gasteiger partial charge in [-0.25, -0.2) is 5.01 Å². The topological polar surface area (TPSA) is 71.0 Å². The van der Waals surface area contributed by atoms with Crippen LogP contribution in [-0.2, 0) is 11.0 Å². The maximum absolute atomic E-state index is 13.1. The maximum atomic E-state index is 13.1. The highest BCUT2D eigenvalue weighted by Crippen LogP contribution is 2.30. The molecule has 1 aromatic carbocycles. The molecule has 0 unspecified atom stereocenters. The number of allylic oxidation sites excluding steroid dienone is 2. The van der Waals surface area contributed by atoms with Gasteiger partial charge in [0.1, 0.15) is 0 Å². The van der Waals surface area contributed by atoms with Crippen LogP contribution in [-0.4, -0.2) is 22.8 Å². The number of benzene rings is 1. The standard InChI is InChI=1S/C24H29F3N4O/c1-6-17(5)14-29-15-18(7-2)21(23(28)32)16-31(9-4)30-22(8-3)19-11-10-12-20(13-19)24(25,26)27/h7,9-16H,4,6,8H2,1-3,5H3,(H2,28,32)/b17-14+,18-7+,21-16-,29-15-,30-22+. The van der Waals surface area contributed by atoms with Crippen LogP contribution < -0.4 is 5.73 Å². The molecule has 0 heterocycles. The largest absolute Gasteiger partial charge is 0.416 e. The number of rotatable bonds is 10. The molecule has 0 aromatic heterocycles. The van der Waals surface area contributed by atoms with Gasteiger partial charge in [-0.1, -0.05) is 44.2 Å². The summed E-state index contributed by atoms with van der Waals surface area (Å²) in [5, 5.41) is 5.62. The van der Waals surface area contributed by atoms with Crippen molar-refractivity contribution < 1.29 is 18.0 Å². The predicted molar refractivity (Wildman–Crippen MR) is 124 cm³/mol. The summed E-state index contributed by atoms with van der Waals surface area (Å²) in [5.41, 5.74) is 7.15. The Kier molecular flexibility index (Phi) is 10.3. The second-order valence-corrected chi connectivity index (χ2v) is 6.80. The van der Waals surface area contributed by atoms with E-state index >= 15 is 0 Å². The van der Waals surface area contributed by atoms with Crippen LogP contribution in [0.15, 0.2) is 82.3 Å². The van der Waals surface area contributed by atoms with Gasteiger partial charge in [0.05, 0.1) is 16.8 Å². The van der Waals surface area contributed by atoms with Crippen molar-refractivity contribution in [1.82, 2.24) is 5.01 Å². The molecule has 1 aromatic rings. The summed E-state index contributed by atoms with van der Waals surface area (Å²) in [6.45, 7) is 11.1. The fourth-order valence-corrected chi connectivity index (χ4v) is 2.52. The van der Waals surface area contributed by atoms with E-state index in [1.165, 1.54) is 29.7 Å². The van der Waals surface area contributed by atoms with Gasteiger partial charge < -0.3 is 5.73 Å². The Hall–Kier alpha value is -3.42. The van der Waals surface area contributed by atoms with E-state index in [2.05, 4.69) is 16.7 Å². The Bertz CT molecular complexity index is 970. The molecular weight excluding hydrogens is 417 g/mol. The number of halogens is 3. The average Bonchev–Trinajstić information content (AvgIpc) is 2.76. The van der Waals surface area contributed by atoms with Crippen molar-refractivity contribution in [1.29, 1.82) is 0 Å². The molecule has 0 aliphatic carbocycles. The van der Waals surface area contributed by atoms with Crippen molar-refractivity contribution in [2.75, 3.05) is 0 Å². The molecule has 0 saturated carbocycles. The van der Waals surface area contributed by atoms with E-state index in [1.807, 2.05) is 13.8 Å². The normalized spacial score (nSPS) is 14.1. The molecule has 1 amide bonds. The predicted octanol–water partition coefficient (Wildman–Crippen LogP) is 5.97. The molecule has 1 rings (SSSR count). The number of hydrogen-bond donors (Lipinski definition) is 1. The first-order valence-corrected chi connectivity index (χ1v) is 10.1. The minimum absolute atomic E-state index is 0.127. The highest BCUT2D eigenvalue weighted by molar-refractivity contribution is 6.05. The second kappa shape index (κ2) is 12.4. The van der Waals surface area contributed by atoms with Crippen molar-refractivity contribution in [2.45, 2.75) is 46.7 Å². The van der Waals surface area contributed by atoms with Gasteiger partial charge in [-0.05, 0) is 44.4 Å². The fraction of sp³-hybridized carbons (Fsp3) is 0.292. The Morgan fingerprint density at radius 2 is 1.94 bits per heavy atom. The van der Waals surface area contributed by atoms with E-state index in [1.54, 1.807) is 32.2 Å². The van der Waals surface area contributed by atoms with E-state index in [4.69, 9.17) is 5.73 Å². The third-order valence-corrected chi connectivity index (χ3v) is 4.50. The Labute approximate surface area is 187 Å². The van der Waals surface area contributed by atoms with Crippen LogP contribution in [0, 0.1) is 0 Å². The number of carbonyl (C=O) groups is 1. The fourth-order valence-electron chi connectivity index (χ4n) is 2.52. The molecule has 2 N–H and O–H groups in total. The van der Waals surface area contributed by atoms with Gasteiger partial charge in [0, 0.05) is 30.4 Å². The number of primary amides is 1. The summed E-state index contributed by atoms with van der Waals surface area (Å²) in [6.07, 6.45) is 4.31. The van der Waals surface area contributed by atoms with Crippen LogP contribution in [0.4, 0.5) is 13.2 Å². The van der Waals surface area contributed by atoms with Crippen molar-refractivity contribution in [2.24, 2.45) is 15.8 Å². The molecule has 0 aliphatic heterocycles. The smallest absolute Gasteiger partial charge is 0.366 e. The lowest BCUT2D eigenvalue weighted by Crippen LogP contribution is -2.19. The zero-order chi connectivity index (χ0) is 24.3. The number of hydrogen-bond acceptors (Lipinski definition) is 4. The zero-order valence-corrected chi connectivity index (χ0v) is 18.8. The molecule has 0 bridgehead atoms.